The highest BCUT2D eigenvalue weighted by molar-refractivity contribution is 6.01. The first-order chi connectivity index (χ1) is 14.0. The van der Waals surface area contributed by atoms with Gasteiger partial charge in [-0.25, -0.2) is 0 Å². The molecule has 146 valence electrons. The van der Waals surface area contributed by atoms with Crippen LogP contribution in [-0.2, 0) is 6.42 Å². The minimum atomic E-state index is -0.633. The second-order valence-corrected chi connectivity index (χ2v) is 6.83. The maximum Gasteiger partial charge on any atom is 0.311 e. The van der Waals surface area contributed by atoms with Crippen LogP contribution in [0, 0.1) is 10.1 Å². The van der Waals surface area contributed by atoms with Gasteiger partial charge in [-0.2, -0.15) is 0 Å². The number of rotatable bonds is 5. The summed E-state index contributed by atoms with van der Waals surface area (Å²) in [6.45, 7) is 0.434. The summed E-state index contributed by atoms with van der Waals surface area (Å²) < 4.78 is 0. The number of amides is 1. The molecule has 1 aliphatic heterocycles. The molecule has 2 N–H and O–H groups in total. The molecule has 1 atom stereocenters. The monoisotopic (exact) mass is 389 g/mol. The van der Waals surface area contributed by atoms with Gasteiger partial charge in [-0.05, 0) is 30.2 Å². The molecule has 29 heavy (non-hydrogen) atoms. The van der Waals surface area contributed by atoms with E-state index < -0.39 is 22.5 Å². The number of nitro groups is 1. The number of carbonyl (C=O) groups is 1. The lowest BCUT2D eigenvalue weighted by Gasteiger charge is -2.38. The lowest BCUT2D eigenvalue weighted by Crippen LogP contribution is -2.44. The molecule has 3 aromatic carbocycles. The molecule has 0 bridgehead atoms. The van der Waals surface area contributed by atoms with Crippen molar-refractivity contribution >= 4 is 17.3 Å². The van der Waals surface area contributed by atoms with E-state index in [4.69, 9.17) is 0 Å². The van der Waals surface area contributed by atoms with Crippen LogP contribution < -0.4 is 5.32 Å². The molecule has 7 nitrogen and oxygen atoms in total. The number of aromatic hydroxyl groups is 1. The summed E-state index contributed by atoms with van der Waals surface area (Å²) in [7, 11) is 0. The zero-order valence-electron chi connectivity index (χ0n) is 15.5. The van der Waals surface area contributed by atoms with Crippen LogP contribution in [0.25, 0.3) is 0 Å². The maximum atomic E-state index is 13.2. The molecular weight excluding hydrogens is 370 g/mol. The topological polar surface area (TPSA) is 95.7 Å². The number of nitrogens with zero attached hydrogens (tertiary/aromatic N) is 2. The lowest BCUT2D eigenvalue weighted by molar-refractivity contribution is -0.385. The number of para-hydroxylation sites is 1. The van der Waals surface area contributed by atoms with E-state index in [9.17, 15) is 20.0 Å². The van der Waals surface area contributed by atoms with Crippen LogP contribution in [0.4, 0.5) is 11.4 Å². The summed E-state index contributed by atoms with van der Waals surface area (Å²) in [5.74, 6) is -0.548. The van der Waals surface area contributed by atoms with Crippen molar-refractivity contribution in [2.24, 2.45) is 0 Å². The zero-order chi connectivity index (χ0) is 20.4. The van der Waals surface area contributed by atoms with Crippen LogP contribution in [-0.4, -0.2) is 27.4 Å². The molecule has 0 saturated carbocycles. The van der Waals surface area contributed by atoms with Crippen LogP contribution in [0.2, 0.25) is 0 Å². The Morgan fingerprint density at radius 1 is 1.03 bits per heavy atom. The minimum absolute atomic E-state index is 0.143. The molecule has 3 aromatic rings. The largest absolute Gasteiger partial charge is 0.502 e. The lowest BCUT2D eigenvalue weighted by atomic mass is 10.0. The Morgan fingerprint density at radius 3 is 2.52 bits per heavy atom. The highest BCUT2D eigenvalue weighted by Gasteiger charge is 2.33. The molecule has 0 spiro atoms. The van der Waals surface area contributed by atoms with E-state index in [1.54, 1.807) is 23.1 Å². The third kappa shape index (κ3) is 3.62. The summed E-state index contributed by atoms with van der Waals surface area (Å²) in [6.07, 6.45) is 0.0630. The fourth-order valence-electron chi connectivity index (χ4n) is 3.54. The van der Waals surface area contributed by atoms with Crippen LogP contribution in [0.3, 0.4) is 0 Å². The van der Waals surface area contributed by atoms with Crippen molar-refractivity contribution in [3.05, 3.63) is 99.6 Å². The summed E-state index contributed by atoms with van der Waals surface area (Å²) in [5.41, 5.74) is 2.47. The number of hydrogen-bond acceptors (Lipinski definition) is 5. The molecule has 4 rings (SSSR count). The van der Waals surface area contributed by atoms with E-state index in [-0.39, 0.29) is 5.91 Å². The van der Waals surface area contributed by atoms with Crippen LogP contribution in [0.5, 0.6) is 5.75 Å². The Labute approximate surface area is 167 Å². The summed E-state index contributed by atoms with van der Waals surface area (Å²) in [4.78, 5) is 25.5. The van der Waals surface area contributed by atoms with Crippen molar-refractivity contribution < 1.29 is 14.8 Å². The van der Waals surface area contributed by atoms with Crippen molar-refractivity contribution in [1.82, 2.24) is 4.90 Å². The standard InChI is InChI=1S/C22H19N3O4/c26-20-11-10-16(14-19(20)25(28)29)21-23-18-9-5-4-8-17(18)22(27)24(21)13-12-15-6-2-1-3-7-15/h1-11,14,21,23,26H,12-13H2/t21-/m1/s1. The number of nitrogens with one attached hydrogen (secondary N) is 1. The van der Waals surface area contributed by atoms with Crippen molar-refractivity contribution in [3.63, 3.8) is 0 Å². The van der Waals surface area contributed by atoms with Gasteiger partial charge in [0.25, 0.3) is 5.91 Å². The molecule has 0 unspecified atom stereocenters. The predicted molar refractivity (Wildman–Crippen MR) is 109 cm³/mol. The Hall–Kier alpha value is -3.87. The SMILES string of the molecule is O=C1c2ccccc2N[C@@H](c2ccc(O)c([N+](=O)[O-])c2)N1CCc1ccccc1. The third-order valence-corrected chi connectivity index (χ3v) is 5.02. The Kier molecular flexibility index (Phi) is 4.87. The van der Waals surface area contributed by atoms with Gasteiger partial charge in [0.1, 0.15) is 6.17 Å². The van der Waals surface area contributed by atoms with E-state index in [2.05, 4.69) is 5.32 Å². The normalized spacial score (nSPS) is 15.5. The van der Waals surface area contributed by atoms with Crippen LogP contribution >= 0.6 is 0 Å². The van der Waals surface area contributed by atoms with E-state index >= 15 is 0 Å². The van der Waals surface area contributed by atoms with Gasteiger partial charge >= 0.3 is 5.69 Å². The summed E-state index contributed by atoms with van der Waals surface area (Å²) in [6, 6.07) is 21.2. The number of phenols is 1. The molecule has 1 aliphatic rings. The van der Waals surface area contributed by atoms with E-state index in [1.165, 1.54) is 12.1 Å². The first-order valence-electron chi connectivity index (χ1n) is 9.22. The Morgan fingerprint density at radius 2 is 1.76 bits per heavy atom. The second-order valence-electron chi connectivity index (χ2n) is 6.83. The van der Waals surface area contributed by atoms with Gasteiger partial charge < -0.3 is 15.3 Å². The molecule has 0 aliphatic carbocycles. The molecule has 0 saturated heterocycles. The zero-order valence-corrected chi connectivity index (χ0v) is 15.5. The van der Waals surface area contributed by atoms with Gasteiger partial charge in [0.15, 0.2) is 5.75 Å². The molecular formula is C22H19N3O4. The van der Waals surface area contributed by atoms with Crippen molar-refractivity contribution in [2.45, 2.75) is 12.6 Å². The maximum absolute atomic E-state index is 13.2. The number of nitro benzene ring substituents is 1. The van der Waals surface area contributed by atoms with Gasteiger partial charge in [0.2, 0.25) is 0 Å². The van der Waals surface area contributed by atoms with Crippen molar-refractivity contribution in [3.8, 4) is 5.75 Å². The van der Waals surface area contributed by atoms with Gasteiger partial charge in [-0.3, -0.25) is 14.9 Å². The number of hydrogen-bond donors (Lipinski definition) is 2. The predicted octanol–water partition coefficient (Wildman–Crippen LogP) is 4.11. The van der Waals surface area contributed by atoms with E-state index in [0.717, 1.165) is 5.56 Å². The van der Waals surface area contributed by atoms with Crippen molar-refractivity contribution in [2.75, 3.05) is 11.9 Å². The van der Waals surface area contributed by atoms with Gasteiger partial charge in [-0.1, -0.05) is 48.5 Å². The van der Waals surface area contributed by atoms with Gasteiger partial charge in [0.05, 0.1) is 10.5 Å². The second kappa shape index (κ2) is 7.63. The van der Waals surface area contributed by atoms with E-state index in [0.29, 0.717) is 29.8 Å². The number of anilines is 1. The molecule has 1 heterocycles. The molecule has 1 amide bonds. The molecule has 0 aromatic heterocycles. The molecule has 0 fully saturated rings. The smallest absolute Gasteiger partial charge is 0.311 e. The summed E-state index contributed by atoms with van der Waals surface area (Å²) in [5, 5.41) is 24.4. The van der Waals surface area contributed by atoms with Gasteiger partial charge in [-0.15, -0.1) is 0 Å². The minimum Gasteiger partial charge on any atom is -0.502 e. The molecule has 7 heteroatoms. The van der Waals surface area contributed by atoms with E-state index in [1.807, 2.05) is 42.5 Å². The number of carbonyl (C=O) groups excluding carboxylic acids is 1. The number of benzene rings is 3. The fourth-order valence-corrected chi connectivity index (χ4v) is 3.54. The highest BCUT2D eigenvalue weighted by Crippen LogP contribution is 2.36. The average Bonchev–Trinajstić information content (AvgIpc) is 2.74. The highest BCUT2D eigenvalue weighted by atomic mass is 16.6. The number of phenolic OH excluding ortho intramolecular Hbond substituents is 1. The Bertz CT molecular complexity index is 1070. The van der Waals surface area contributed by atoms with Crippen LogP contribution in [0.15, 0.2) is 72.8 Å². The first-order valence-corrected chi connectivity index (χ1v) is 9.22. The molecule has 0 radical (unpaired) electrons. The first kappa shape index (κ1) is 18.5. The fraction of sp³-hybridized carbons (Fsp3) is 0.136. The average molecular weight is 389 g/mol. The van der Waals surface area contributed by atoms with Crippen molar-refractivity contribution in [1.29, 1.82) is 0 Å². The van der Waals surface area contributed by atoms with Gasteiger partial charge in [0, 0.05) is 23.9 Å². The summed E-state index contributed by atoms with van der Waals surface area (Å²) >= 11 is 0. The van der Waals surface area contributed by atoms with Crippen LogP contribution in [0.1, 0.15) is 27.7 Å². The Balaban J connectivity index is 1.71. The number of fused-ring (bicyclic) bond motifs is 1. The quantitative estimate of drug-likeness (QED) is 0.506. The third-order valence-electron chi connectivity index (χ3n) is 5.02.